The molecule has 7 nitrogen and oxygen atoms in total. The summed E-state index contributed by atoms with van der Waals surface area (Å²) in [7, 11) is 1.89. The lowest BCUT2D eigenvalue weighted by molar-refractivity contribution is -0.120. The number of carbonyl (C=O) groups is 1. The van der Waals surface area contributed by atoms with Gasteiger partial charge in [0.1, 0.15) is 11.2 Å². The van der Waals surface area contributed by atoms with E-state index in [0.29, 0.717) is 5.82 Å². The van der Waals surface area contributed by atoms with Gasteiger partial charge >= 0.3 is 0 Å². The molecule has 0 spiro atoms. The average Bonchev–Trinajstić information content (AvgIpc) is 3.83. The monoisotopic (exact) mass is 658 g/mol. The highest BCUT2D eigenvalue weighted by atomic mass is 16.1. The molecule has 0 saturated carbocycles. The Morgan fingerprint density at radius 1 is 0.780 bits per heavy atom. The first-order valence-electron chi connectivity index (χ1n) is 17.3. The van der Waals surface area contributed by atoms with Crippen molar-refractivity contribution in [2.45, 2.75) is 56.4 Å². The zero-order chi connectivity index (χ0) is 34.8. The highest BCUT2D eigenvalue weighted by Gasteiger charge is 2.46. The van der Waals surface area contributed by atoms with Crippen molar-refractivity contribution >= 4 is 5.78 Å². The molecule has 2 atom stereocenters. The third-order valence-corrected chi connectivity index (χ3v) is 10.4. The molecule has 0 amide bonds. The fraction of sp³-hybridized carbons (Fsp3) is 0.233. The first kappa shape index (κ1) is 32.8. The SMILES string of the molecule is CCCCC1(c2ccccc2-c2nnn(C(c3ccccc3)(c3ccccc3)c3ccccc3)n2)C=CC(C(C)=O)(c2ccnn2C)C(C)=C1. The summed E-state index contributed by atoms with van der Waals surface area (Å²) >= 11 is 0. The second-order valence-corrected chi connectivity index (χ2v) is 13.3. The summed E-state index contributed by atoms with van der Waals surface area (Å²) < 4.78 is 1.80. The highest BCUT2D eigenvalue weighted by Crippen LogP contribution is 2.48. The maximum Gasteiger partial charge on any atom is 0.205 e. The van der Waals surface area contributed by atoms with E-state index in [2.05, 4.69) is 128 Å². The Kier molecular flexibility index (Phi) is 8.74. The maximum atomic E-state index is 13.5. The lowest BCUT2D eigenvalue weighted by atomic mass is 9.63. The van der Waals surface area contributed by atoms with Crippen LogP contribution in [0.5, 0.6) is 0 Å². The van der Waals surface area contributed by atoms with Crippen molar-refractivity contribution in [3.63, 3.8) is 0 Å². The number of rotatable bonds is 11. The van der Waals surface area contributed by atoms with Crippen LogP contribution < -0.4 is 0 Å². The van der Waals surface area contributed by atoms with Crippen LogP contribution in [0.1, 0.15) is 68.0 Å². The van der Waals surface area contributed by atoms with Gasteiger partial charge in [-0.2, -0.15) is 5.10 Å². The largest absolute Gasteiger partial charge is 0.298 e. The molecule has 2 heterocycles. The van der Waals surface area contributed by atoms with Crippen LogP contribution in [0.4, 0.5) is 0 Å². The lowest BCUT2D eigenvalue weighted by Gasteiger charge is -2.40. The molecule has 0 bridgehead atoms. The number of Topliss-reactive ketones (excluding diaryl/α,β-unsaturated/α-hetero) is 1. The summed E-state index contributed by atoms with van der Waals surface area (Å²) in [6.07, 6.45) is 11.3. The van der Waals surface area contributed by atoms with Crippen LogP contribution in [0.25, 0.3) is 11.4 Å². The van der Waals surface area contributed by atoms with Gasteiger partial charge in [0, 0.05) is 24.2 Å². The Morgan fingerprint density at radius 2 is 1.36 bits per heavy atom. The zero-order valence-electron chi connectivity index (χ0n) is 29.1. The molecule has 0 N–H and O–H groups in total. The molecule has 6 aromatic rings. The van der Waals surface area contributed by atoms with Crippen LogP contribution in [0, 0.1) is 0 Å². The predicted octanol–water partition coefficient (Wildman–Crippen LogP) is 8.38. The molecule has 2 aromatic heterocycles. The van der Waals surface area contributed by atoms with Gasteiger partial charge in [-0.25, -0.2) is 0 Å². The summed E-state index contributed by atoms with van der Waals surface area (Å²) in [5, 5.41) is 19.3. The number of tetrazole rings is 1. The van der Waals surface area contributed by atoms with Gasteiger partial charge < -0.3 is 0 Å². The third kappa shape index (κ3) is 5.25. The van der Waals surface area contributed by atoms with Gasteiger partial charge in [0.2, 0.25) is 5.82 Å². The number of ketones is 1. The van der Waals surface area contributed by atoms with E-state index in [4.69, 9.17) is 15.4 Å². The number of carbonyl (C=O) groups excluding carboxylic acids is 1. The Labute approximate surface area is 294 Å². The second kappa shape index (κ2) is 13.3. The van der Waals surface area contributed by atoms with E-state index in [9.17, 15) is 4.79 Å². The number of unbranched alkanes of at least 4 members (excludes halogenated alkanes) is 1. The van der Waals surface area contributed by atoms with Crippen molar-refractivity contribution in [2.24, 2.45) is 7.05 Å². The number of hydrogen-bond donors (Lipinski definition) is 0. The molecule has 50 heavy (non-hydrogen) atoms. The molecular formula is C43H42N6O. The van der Waals surface area contributed by atoms with Crippen molar-refractivity contribution in [2.75, 3.05) is 0 Å². The van der Waals surface area contributed by atoms with Crippen molar-refractivity contribution in [1.29, 1.82) is 0 Å². The molecule has 1 aliphatic rings. The van der Waals surface area contributed by atoms with Crippen LogP contribution >= 0.6 is 0 Å². The molecule has 0 saturated heterocycles. The van der Waals surface area contributed by atoms with Crippen molar-refractivity contribution in [3.05, 3.63) is 179 Å². The van der Waals surface area contributed by atoms with E-state index in [0.717, 1.165) is 58.3 Å². The van der Waals surface area contributed by atoms with Crippen LogP contribution in [-0.2, 0) is 28.2 Å². The Balaban J connectivity index is 1.42. The van der Waals surface area contributed by atoms with E-state index in [1.165, 1.54) is 0 Å². The summed E-state index contributed by atoms with van der Waals surface area (Å²) in [5.74, 6) is 0.602. The number of hydrogen-bond acceptors (Lipinski definition) is 5. The molecule has 0 radical (unpaired) electrons. The normalized spacial score (nSPS) is 18.9. The van der Waals surface area contributed by atoms with Gasteiger partial charge in [-0.1, -0.05) is 159 Å². The lowest BCUT2D eigenvalue weighted by Crippen LogP contribution is -2.40. The van der Waals surface area contributed by atoms with E-state index in [1.54, 1.807) is 22.6 Å². The summed E-state index contributed by atoms with van der Waals surface area (Å²) in [5.41, 5.74) is 4.64. The Bertz CT molecular complexity index is 2070. The Morgan fingerprint density at radius 3 is 1.88 bits per heavy atom. The molecule has 1 aliphatic carbocycles. The number of aryl methyl sites for hydroxylation is 1. The summed E-state index contributed by atoms with van der Waals surface area (Å²) in [6, 6.07) is 41.5. The van der Waals surface area contributed by atoms with Gasteiger partial charge in [0.05, 0.1) is 5.69 Å². The predicted molar refractivity (Wildman–Crippen MR) is 198 cm³/mol. The van der Waals surface area contributed by atoms with Gasteiger partial charge in [0.15, 0.2) is 5.54 Å². The van der Waals surface area contributed by atoms with Gasteiger partial charge in [-0.05, 0) is 53.8 Å². The van der Waals surface area contributed by atoms with E-state index >= 15 is 0 Å². The minimum absolute atomic E-state index is 0.0622. The van der Waals surface area contributed by atoms with Gasteiger partial charge in [-0.15, -0.1) is 15.0 Å². The molecular weight excluding hydrogens is 617 g/mol. The molecule has 7 rings (SSSR count). The number of benzene rings is 4. The fourth-order valence-electron chi connectivity index (χ4n) is 7.94. The van der Waals surface area contributed by atoms with Gasteiger partial charge in [-0.3, -0.25) is 9.48 Å². The van der Waals surface area contributed by atoms with Crippen LogP contribution in [0.15, 0.2) is 151 Å². The molecule has 250 valence electrons. The molecule has 0 fully saturated rings. The smallest absolute Gasteiger partial charge is 0.205 e. The van der Waals surface area contributed by atoms with Crippen LogP contribution in [-0.4, -0.2) is 35.8 Å². The maximum absolute atomic E-state index is 13.5. The highest BCUT2D eigenvalue weighted by molar-refractivity contribution is 5.94. The van der Waals surface area contributed by atoms with Crippen LogP contribution in [0.3, 0.4) is 0 Å². The minimum atomic E-state index is -0.891. The van der Waals surface area contributed by atoms with Gasteiger partial charge in [0.25, 0.3) is 0 Å². The number of nitrogens with zero attached hydrogens (tertiary/aromatic N) is 6. The van der Waals surface area contributed by atoms with E-state index < -0.39 is 16.4 Å². The number of aromatic nitrogens is 6. The van der Waals surface area contributed by atoms with Crippen molar-refractivity contribution in [3.8, 4) is 11.4 Å². The van der Waals surface area contributed by atoms with Crippen LogP contribution in [0.2, 0.25) is 0 Å². The van der Waals surface area contributed by atoms with Crippen molar-refractivity contribution < 1.29 is 4.79 Å². The van der Waals surface area contributed by atoms with E-state index in [1.807, 2.05) is 37.4 Å². The quantitative estimate of drug-likeness (QED) is 0.103. The first-order chi connectivity index (χ1) is 24.4. The minimum Gasteiger partial charge on any atom is -0.298 e. The standard InChI is InChI=1S/C43H42N6O/c1-5-6-27-41(28-29-42(33(3)50,32(2)31-41)39-26-30-44-48(39)4)38-25-17-16-24-37(38)40-45-47-49(46-40)43(34-18-10-7-11-19-34,35-20-12-8-13-21-35)36-22-14-9-15-23-36/h7-26,28-31H,5-6,27H2,1-4H3. The molecule has 7 heteroatoms. The average molecular weight is 659 g/mol. The number of allylic oxidation sites excluding steroid dienone is 4. The third-order valence-electron chi connectivity index (χ3n) is 10.4. The Hall–Kier alpha value is -5.69. The first-order valence-corrected chi connectivity index (χ1v) is 17.3. The topological polar surface area (TPSA) is 78.5 Å². The summed E-state index contributed by atoms with van der Waals surface area (Å²) in [4.78, 5) is 15.3. The van der Waals surface area contributed by atoms with E-state index in [-0.39, 0.29) is 5.78 Å². The zero-order valence-corrected chi connectivity index (χ0v) is 29.1. The molecule has 0 aliphatic heterocycles. The summed E-state index contributed by atoms with van der Waals surface area (Å²) in [6.45, 7) is 5.95. The molecule has 2 unspecified atom stereocenters. The fourth-order valence-corrected chi connectivity index (χ4v) is 7.94. The van der Waals surface area contributed by atoms with Crippen molar-refractivity contribution in [1.82, 2.24) is 30.0 Å². The second-order valence-electron chi connectivity index (χ2n) is 13.3. The molecule has 4 aromatic carbocycles.